The molecule has 0 spiro atoms. The maximum atomic E-state index is 12.7. The molecule has 9 heteroatoms. The number of aromatic nitrogens is 3. The van der Waals surface area contributed by atoms with Gasteiger partial charge in [0.15, 0.2) is 5.82 Å². The van der Waals surface area contributed by atoms with Gasteiger partial charge >= 0.3 is 0 Å². The van der Waals surface area contributed by atoms with Crippen LogP contribution in [0.3, 0.4) is 0 Å². The molecule has 8 nitrogen and oxygen atoms in total. The molecular weight excluding hydrogens is 318 g/mol. The normalized spacial score (nSPS) is 29.4. The second kappa shape index (κ2) is 6.46. The van der Waals surface area contributed by atoms with Gasteiger partial charge in [0.2, 0.25) is 0 Å². The fourth-order valence-corrected chi connectivity index (χ4v) is 4.79. The van der Waals surface area contributed by atoms with E-state index in [1.165, 1.54) is 4.31 Å². The van der Waals surface area contributed by atoms with Gasteiger partial charge in [-0.2, -0.15) is 22.5 Å². The average molecular weight is 343 g/mol. The number of rotatable bonds is 4. The van der Waals surface area contributed by atoms with E-state index in [4.69, 9.17) is 4.74 Å². The highest BCUT2D eigenvalue weighted by molar-refractivity contribution is 7.87. The predicted molar refractivity (Wildman–Crippen MR) is 85.0 cm³/mol. The number of aryl methyl sites for hydroxylation is 2. The van der Waals surface area contributed by atoms with E-state index in [1.54, 1.807) is 0 Å². The van der Waals surface area contributed by atoms with Crippen molar-refractivity contribution in [2.24, 2.45) is 0 Å². The standard InChI is InChI=1S/C14H25N5O3S/c1-4-13-15-14-12(6-5-7-19(14)16-13)17-23(20,21)18-8-10(2)22-11(3)9-18/h10-12,17H,4-9H2,1-3H3. The van der Waals surface area contributed by atoms with Crippen molar-refractivity contribution in [2.75, 3.05) is 13.1 Å². The first-order chi connectivity index (χ1) is 10.9. The van der Waals surface area contributed by atoms with Crippen LogP contribution in [0.4, 0.5) is 0 Å². The van der Waals surface area contributed by atoms with Crippen LogP contribution in [0.25, 0.3) is 0 Å². The van der Waals surface area contributed by atoms with Gasteiger partial charge in [0.05, 0.1) is 18.2 Å². The average Bonchev–Trinajstić information content (AvgIpc) is 2.90. The molecule has 2 aliphatic heterocycles. The molecule has 130 valence electrons. The maximum absolute atomic E-state index is 12.7. The summed E-state index contributed by atoms with van der Waals surface area (Å²) < 4.78 is 37.2. The van der Waals surface area contributed by atoms with Gasteiger partial charge in [-0.3, -0.25) is 0 Å². The van der Waals surface area contributed by atoms with Crippen LogP contribution in [0.1, 0.15) is 51.3 Å². The van der Waals surface area contributed by atoms with Crippen molar-refractivity contribution in [2.45, 2.75) is 64.8 Å². The summed E-state index contributed by atoms with van der Waals surface area (Å²) in [6.07, 6.45) is 2.19. The molecular formula is C14H25N5O3S. The molecule has 0 radical (unpaired) electrons. The third-order valence-electron chi connectivity index (χ3n) is 4.25. The third-order valence-corrected chi connectivity index (χ3v) is 5.81. The van der Waals surface area contributed by atoms with Crippen molar-refractivity contribution in [1.82, 2.24) is 23.8 Å². The Balaban J connectivity index is 1.77. The van der Waals surface area contributed by atoms with Crippen LogP contribution in [0.2, 0.25) is 0 Å². The second-order valence-electron chi connectivity index (χ2n) is 6.35. The molecule has 3 heterocycles. The molecule has 0 saturated carbocycles. The number of fused-ring (bicyclic) bond motifs is 1. The van der Waals surface area contributed by atoms with Gasteiger partial charge in [-0.15, -0.1) is 0 Å². The zero-order valence-electron chi connectivity index (χ0n) is 13.9. The largest absolute Gasteiger partial charge is 0.373 e. The van der Waals surface area contributed by atoms with E-state index in [9.17, 15) is 8.42 Å². The van der Waals surface area contributed by atoms with Gasteiger partial charge in [0, 0.05) is 26.1 Å². The summed E-state index contributed by atoms with van der Waals surface area (Å²) in [6, 6.07) is -0.310. The van der Waals surface area contributed by atoms with Crippen molar-refractivity contribution < 1.29 is 13.2 Å². The molecule has 3 atom stereocenters. The quantitative estimate of drug-likeness (QED) is 0.866. The lowest BCUT2D eigenvalue weighted by molar-refractivity contribution is -0.0445. The zero-order valence-corrected chi connectivity index (χ0v) is 14.7. The van der Waals surface area contributed by atoms with E-state index in [0.717, 1.165) is 37.5 Å². The molecule has 0 bridgehead atoms. The second-order valence-corrected chi connectivity index (χ2v) is 8.06. The molecule has 1 fully saturated rings. The van der Waals surface area contributed by atoms with Gasteiger partial charge in [0.25, 0.3) is 10.2 Å². The maximum Gasteiger partial charge on any atom is 0.280 e. The number of nitrogens with zero attached hydrogens (tertiary/aromatic N) is 4. The monoisotopic (exact) mass is 343 g/mol. The fraction of sp³-hybridized carbons (Fsp3) is 0.857. The van der Waals surface area contributed by atoms with Gasteiger partial charge in [-0.25, -0.2) is 9.67 Å². The van der Waals surface area contributed by atoms with Crippen molar-refractivity contribution in [1.29, 1.82) is 0 Å². The molecule has 3 rings (SSSR count). The highest BCUT2D eigenvalue weighted by Crippen LogP contribution is 2.25. The molecule has 0 aromatic carbocycles. The highest BCUT2D eigenvalue weighted by atomic mass is 32.2. The number of nitrogens with one attached hydrogen (secondary N) is 1. The van der Waals surface area contributed by atoms with E-state index in [0.29, 0.717) is 13.1 Å². The lowest BCUT2D eigenvalue weighted by atomic mass is 10.1. The summed E-state index contributed by atoms with van der Waals surface area (Å²) in [6.45, 7) is 7.33. The first-order valence-electron chi connectivity index (χ1n) is 8.25. The van der Waals surface area contributed by atoms with Crippen LogP contribution in [0.5, 0.6) is 0 Å². The Morgan fingerprint density at radius 2 is 2.00 bits per heavy atom. The molecule has 3 unspecified atom stereocenters. The summed E-state index contributed by atoms with van der Waals surface area (Å²) in [5.41, 5.74) is 0. The summed E-state index contributed by atoms with van der Waals surface area (Å²) in [5, 5.41) is 4.42. The Morgan fingerprint density at radius 3 is 2.65 bits per heavy atom. The Labute approximate surface area is 137 Å². The molecule has 23 heavy (non-hydrogen) atoms. The minimum absolute atomic E-state index is 0.1000. The lowest BCUT2D eigenvalue weighted by Gasteiger charge is -2.35. The molecule has 2 aliphatic rings. The smallest absolute Gasteiger partial charge is 0.280 e. The van der Waals surface area contributed by atoms with Crippen LogP contribution in [-0.2, 0) is 27.9 Å². The van der Waals surface area contributed by atoms with E-state index < -0.39 is 10.2 Å². The summed E-state index contributed by atoms with van der Waals surface area (Å²) in [4.78, 5) is 4.49. The van der Waals surface area contributed by atoms with Gasteiger partial charge in [0.1, 0.15) is 5.82 Å². The Hall–Kier alpha value is -1.03. The SMILES string of the molecule is CCc1nc2n(n1)CCCC2NS(=O)(=O)N1CC(C)OC(C)C1. The Bertz CT molecular complexity index is 649. The van der Waals surface area contributed by atoms with Crippen LogP contribution in [-0.4, -0.2) is 52.8 Å². The van der Waals surface area contributed by atoms with Crippen molar-refractivity contribution >= 4 is 10.2 Å². The first-order valence-corrected chi connectivity index (χ1v) is 9.69. The minimum Gasteiger partial charge on any atom is -0.373 e. The van der Waals surface area contributed by atoms with Crippen molar-refractivity contribution in [3.05, 3.63) is 11.6 Å². The predicted octanol–water partition coefficient (Wildman–Crippen LogP) is 0.619. The van der Waals surface area contributed by atoms with Crippen LogP contribution >= 0.6 is 0 Å². The number of morpholine rings is 1. The fourth-order valence-electron chi connectivity index (χ4n) is 3.24. The lowest BCUT2D eigenvalue weighted by Crippen LogP contribution is -2.52. The molecule has 1 aromatic rings. The highest BCUT2D eigenvalue weighted by Gasteiger charge is 2.34. The van der Waals surface area contributed by atoms with Crippen LogP contribution in [0, 0.1) is 0 Å². The number of hydrogen-bond donors (Lipinski definition) is 1. The van der Waals surface area contributed by atoms with Crippen LogP contribution < -0.4 is 4.72 Å². The summed E-state index contributed by atoms with van der Waals surface area (Å²) in [7, 11) is -3.57. The topological polar surface area (TPSA) is 89.3 Å². The summed E-state index contributed by atoms with van der Waals surface area (Å²) in [5.74, 6) is 1.49. The Morgan fingerprint density at radius 1 is 1.30 bits per heavy atom. The van der Waals surface area contributed by atoms with E-state index >= 15 is 0 Å². The molecule has 1 saturated heterocycles. The van der Waals surface area contributed by atoms with Gasteiger partial charge in [-0.1, -0.05) is 6.92 Å². The molecule has 0 aliphatic carbocycles. The first kappa shape index (κ1) is 16.8. The van der Waals surface area contributed by atoms with Crippen molar-refractivity contribution in [3.63, 3.8) is 0 Å². The van der Waals surface area contributed by atoms with Crippen LogP contribution in [0.15, 0.2) is 0 Å². The van der Waals surface area contributed by atoms with E-state index in [1.807, 2.05) is 25.5 Å². The molecule has 1 N–H and O–H groups in total. The zero-order chi connectivity index (χ0) is 16.6. The van der Waals surface area contributed by atoms with Gasteiger partial charge in [-0.05, 0) is 26.7 Å². The van der Waals surface area contributed by atoms with Gasteiger partial charge < -0.3 is 4.74 Å². The van der Waals surface area contributed by atoms with Crippen molar-refractivity contribution in [3.8, 4) is 0 Å². The number of hydrogen-bond acceptors (Lipinski definition) is 5. The molecule has 0 amide bonds. The summed E-state index contributed by atoms with van der Waals surface area (Å²) >= 11 is 0. The molecule has 1 aromatic heterocycles. The van der Waals surface area contributed by atoms with E-state index in [2.05, 4.69) is 14.8 Å². The third kappa shape index (κ3) is 3.57. The minimum atomic E-state index is -3.57. The number of ether oxygens (including phenoxy) is 1. The van der Waals surface area contributed by atoms with E-state index in [-0.39, 0.29) is 18.2 Å². The Kier molecular flexibility index (Phi) is 4.73.